The Morgan fingerprint density at radius 1 is 1.33 bits per heavy atom. The molecule has 2 amide bonds. The Morgan fingerprint density at radius 3 is 2.61 bits per heavy atom. The van der Waals surface area contributed by atoms with Crippen LogP contribution in [-0.2, 0) is 0 Å². The Kier molecular flexibility index (Phi) is 3.36. The van der Waals surface area contributed by atoms with Gasteiger partial charge < -0.3 is 20.8 Å². The second kappa shape index (κ2) is 4.95. The maximum absolute atomic E-state index is 11.5. The van der Waals surface area contributed by atoms with Crippen molar-refractivity contribution in [2.45, 2.75) is 12.8 Å². The van der Waals surface area contributed by atoms with Crippen molar-refractivity contribution in [3.8, 4) is 5.75 Å². The van der Waals surface area contributed by atoms with Crippen LogP contribution in [0.1, 0.15) is 23.2 Å². The maximum Gasteiger partial charge on any atom is 0.339 e. The van der Waals surface area contributed by atoms with Gasteiger partial charge in [-0.05, 0) is 30.9 Å². The van der Waals surface area contributed by atoms with Gasteiger partial charge in [0.2, 0.25) is 0 Å². The van der Waals surface area contributed by atoms with Crippen LogP contribution in [0.5, 0.6) is 5.75 Å². The highest BCUT2D eigenvalue weighted by molar-refractivity contribution is 5.93. The first kappa shape index (κ1) is 12.2. The maximum atomic E-state index is 11.5. The fraction of sp³-hybridized carbons (Fsp3) is 0.333. The molecule has 0 aliphatic heterocycles. The van der Waals surface area contributed by atoms with Crippen molar-refractivity contribution in [2.24, 2.45) is 5.92 Å². The van der Waals surface area contributed by atoms with E-state index in [9.17, 15) is 14.7 Å². The van der Waals surface area contributed by atoms with E-state index in [2.05, 4.69) is 10.6 Å². The number of benzene rings is 1. The normalized spacial score (nSPS) is 14.0. The van der Waals surface area contributed by atoms with Crippen LogP contribution in [0.15, 0.2) is 18.2 Å². The van der Waals surface area contributed by atoms with Crippen molar-refractivity contribution >= 4 is 17.7 Å². The molecule has 0 radical (unpaired) electrons. The van der Waals surface area contributed by atoms with Crippen LogP contribution in [0.2, 0.25) is 0 Å². The molecular formula is C12H14N2O4. The largest absolute Gasteiger partial charge is 0.507 e. The minimum absolute atomic E-state index is 0.195. The molecule has 4 N–H and O–H groups in total. The van der Waals surface area contributed by atoms with Crippen molar-refractivity contribution in [1.29, 1.82) is 0 Å². The number of nitrogens with one attached hydrogen (secondary N) is 2. The molecule has 1 aromatic rings. The molecule has 0 heterocycles. The molecule has 0 unspecified atom stereocenters. The highest BCUT2D eigenvalue weighted by atomic mass is 16.4. The second-order valence-electron chi connectivity index (χ2n) is 4.32. The van der Waals surface area contributed by atoms with Crippen LogP contribution >= 0.6 is 0 Å². The molecule has 0 bridgehead atoms. The molecular weight excluding hydrogens is 236 g/mol. The van der Waals surface area contributed by atoms with Gasteiger partial charge in [0.25, 0.3) is 0 Å². The summed E-state index contributed by atoms with van der Waals surface area (Å²) in [7, 11) is 0. The SMILES string of the molecule is O=C(NCC1CC1)Nc1ccc(C(=O)O)c(O)c1. The zero-order chi connectivity index (χ0) is 13.1. The summed E-state index contributed by atoms with van der Waals surface area (Å²) in [6, 6.07) is 3.53. The first-order valence-corrected chi connectivity index (χ1v) is 5.67. The van der Waals surface area contributed by atoms with Gasteiger partial charge in [-0.2, -0.15) is 0 Å². The highest BCUT2D eigenvalue weighted by Gasteiger charge is 2.21. The van der Waals surface area contributed by atoms with Crippen LogP contribution < -0.4 is 10.6 Å². The molecule has 1 saturated carbocycles. The number of aromatic carboxylic acids is 1. The molecule has 2 rings (SSSR count). The number of carbonyl (C=O) groups is 2. The number of anilines is 1. The zero-order valence-corrected chi connectivity index (χ0v) is 9.64. The number of hydrogen-bond donors (Lipinski definition) is 4. The van der Waals surface area contributed by atoms with Crippen molar-refractivity contribution in [3.05, 3.63) is 23.8 Å². The summed E-state index contributed by atoms with van der Waals surface area (Å²) >= 11 is 0. The van der Waals surface area contributed by atoms with Gasteiger partial charge in [0.05, 0.1) is 0 Å². The van der Waals surface area contributed by atoms with Gasteiger partial charge in [0, 0.05) is 18.3 Å². The van der Waals surface area contributed by atoms with E-state index in [0.29, 0.717) is 18.2 Å². The number of hydrogen-bond acceptors (Lipinski definition) is 3. The Hall–Kier alpha value is -2.24. The molecule has 6 heteroatoms. The smallest absolute Gasteiger partial charge is 0.339 e. The number of aromatic hydroxyl groups is 1. The minimum atomic E-state index is -1.21. The minimum Gasteiger partial charge on any atom is -0.507 e. The van der Waals surface area contributed by atoms with E-state index >= 15 is 0 Å². The molecule has 6 nitrogen and oxygen atoms in total. The first-order chi connectivity index (χ1) is 8.56. The van der Waals surface area contributed by atoms with Gasteiger partial charge in [0.1, 0.15) is 11.3 Å². The molecule has 1 aliphatic carbocycles. The van der Waals surface area contributed by atoms with Gasteiger partial charge in [-0.25, -0.2) is 9.59 Å². The van der Waals surface area contributed by atoms with Gasteiger partial charge >= 0.3 is 12.0 Å². The lowest BCUT2D eigenvalue weighted by Gasteiger charge is -2.08. The lowest BCUT2D eigenvalue weighted by Crippen LogP contribution is -2.30. The summed E-state index contributed by atoms with van der Waals surface area (Å²) in [5.74, 6) is -1.00. The number of rotatable bonds is 4. The molecule has 0 saturated heterocycles. The van der Waals surface area contributed by atoms with E-state index in [1.165, 1.54) is 18.2 Å². The van der Waals surface area contributed by atoms with E-state index in [1.807, 2.05) is 0 Å². The molecule has 18 heavy (non-hydrogen) atoms. The van der Waals surface area contributed by atoms with Crippen molar-refractivity contribution in [3.63, 3.8) is 0 Å². The van der Waals surface area contributed by atoms with E-state index in [0.717, 1.165) is 12.8 Å². The van der Waals surface area contributed by atoms with Crippen LogP contribution in [0.3, 0.4) is 0 Å². The Labute approximate surface area is 104 Å². The molecule has 1 aliphatic rings. The molecule has 0 spiro atoms. The van der Waals surface area contributed by atoms with Crippen LogP contribution in [0, 0.1) is 5.92 Å². The number of carbonyl (C=O) groups excluding carboxylic acids is 1. The fourth-order valence-electron chi connectivity index (χ4n) is 1.52. The summed E-state index contributed by atoms with van der Waals surface area (Å²) in [5, 5.41) is 23.4. The molecule has 96 valence electrons. The van der Waals surface area contributed by atoms with E-state index in [1.54, 1.807) is 0 Å². The third kappa shape index (κ3) is 3.13. The molecule has 0 atom stereocenters. The van der Waals surface area contributed by atoms with Crippen molar-refractivity contribution < 1.29 is 19.8 Å². The average Bonchev–Trinajstić information content (AvgIpc) is 3.09. The van der Waals surface area contributed by atoms with Gasteiger partial charge in [-0.15, -0.1) is 0 Å². The predicted octanol–water partition coefficient (Wildman–Crippen LogP) is 1.62. The Balaban J connectivity index is 1.94. The summed E-state index contributed by atoms with van der Waals surface area (Å²) in [5.41, 5.74) is 0.157. The summed E-state index contributed by atoms with van der Waals surface area (Å²) in [6.45, 7) is 0.644. The number of phenols is 1. The predicted molar refractivity (Wildman–Crippen MR) is 64.8 cm³/mol. The summed E-state index contributed by atoms with van der Waals surface area (Å²) < 4.78 is 0. The summed E-state index contributed by atoms with van der Waals surface area (Å²) in [4.78, 5) is 22.1. The monoisotopic (exact) mass is 250 g/mol. The third-order valence-electron chi connectivity index (χ3n) is 2.73. The van der Waals surface area contributed by atoms with Crippen LogP contribution in [0.25, 0.3) is 0 Å². The standard InChI is InChI=1S/C12H14N2O4/c15-10-5-8(3-4-9(10)11(16)17)14-12(18)13-6-7-1-2-7/h3-5,7,15H,1-2,6H2,(H,16,17)(H2,13,14,18). The van der Waals surface area contributed by atoms with Gasteiger partial charge in [-0.3, -0.25) is 0 Å². The summed E-state index contributed by atoms with van der Waals surface area (Å²) in [6.07, 6.45) is 2.29. The lowest BCUT2D eigenvalue weighted by atomic mass is 10.2. The Morgan fingerprint density at radius 2 is 2.06 bits per heavy atom. The number of amides is 2. The van der Waals surface area contributed by atoms with E-state index in [4.69, 9.17) is 5.11 Å². The van der Waals surface area contributed by atoms with Gasteiger partial charge in [0.15, 0.2) is 0 Å². The average molecular weight is 250 g/mol. The number of carboxylic acids is 1. The Bertz CT molecular complexity index is 483. The van der Waals surface area contributed by atoms with Crippen LogP contribution in [0.4, 0.5) is 10.5 Å². The third-order valence-corrected chi connectivity index (χ3v) is 2.73. The molecule has 1 aromatic carbocycles. The topological polar surface area (TPSA) is 98.7 Å². The highest BCUT2D eigenvalue weighted by Crippen LogP contribution is 2.27. The first-order valence-electron chi connectivity index (χ1n) is 5.67. The zero-order valence-electron chi connectivity index (χ0n) is 9.64. The quantitative estimate of drug-likeness (QED) is 0.652. The fourth-order valence-corrected chi connectivity index (χ4v) is 1.52. The molecule has 1 fully saturated rings. The lowest BCUT2D eigenvalue weighted by molar-refractivity contribution is 0.0694. The second-order valence-corrected chi connectivity index (χ2v) is 4.32. The van der Waals surface area contributed by atoms with Crippen molar-refractivity contribution in [1.82, 2.24) is 5.32 Å². The number of urea groups is 1. The van der Waals surface area contributed by atoms with E-state index in [-0.39, 0.29) is 17.3 Å². The van der Waals surface area contributed by atoms with E-state index < -0.39 is 5.97 Å². The number of carboxylic acid groups (broad SMARTS) is 1. The van der Waals surface area contributed by atoms with Crippen LogP contribution in [-0.4, -0.2) is 28.8 Å². The van der Waals surface area contributed by atoms with Gasteiger partial charge in [-0.1, -0.05) is 0 Å². The van der Waals surface area contributed by atoms with Crippen molar-refractivity contribution in [2.75, 3.05) is 11.9 Å². The molecule has 0 aromatic heterocycles.